The summed E-state index contributed by atoms with van der Waals surface area (Å²) in [6.07, 6.45) is 1.95. The average molecular weight is 292 g/mol. The second kappa shape index (κ2) is 6.40. The van der Waals surface area contributed by atoms with E-state index in [9.17, 15) is 12.8 Å². The van der Waals surface area contributed by atoms with Crippen molar-refractivity contribution >= 4 is 27.5 Å². The van der Waals surface area contributed by atoms with Gasteiger partial charge in [0.05, 0.1) is 5.69 Å². The zero-order valence-electron chi connectivity index (χ0n) is 10.3. The van der Waals surface area contributed by atoms with Gasteiger partial charge in [-0.2, -0.15) is 11.8 Å². The molecule has 0 saturated heterocycles. The Morgan fingerprint density at radius 2 is 2.17 bits per heavy atom. The number of nitrogen functional groups attached to an aromatic ring is 1. The smallest absolute Gasteiger partial charge is 0.242 e. The minimum atomic E-state index is -3.75. The van der Waals surface area contributed by atoms with Gasteiger partial charge in [0.2, 0.25) is 10.0 Å². The largest absolute Gasteiger partial charge is 0.395 e. The predicted molar refractivity (Wildman–Crippen MR) is 73.5 cm³/mol. The lowest BCUT2D eigenvalue weighted by Crippen LogP contribution is -2.30. The van der Waals surface area contributed by atoms with Gasteiger partial charge in [-0.3, -0.25) is 0 Å². The molecule has 0 spiro atoms. The molecule has 3 N–H and O–H groups in total. The molecule has 4 nitrogen and oxygen atoms in total. The molecule has 0 aromatic heterocycles. The van der Waals surface area contributed by atoms with Crippen LogP contribution in [0.25, 0.3) is 0 Å². The highest BCUT2D eigenvalue weighted by Gasteiger charge is 2.19. The molecule has 0 bridgehead atoms. The van der Waals surface area contributed by atoms with Crippen molar-refractivity contribution in [1.29, 1.82) is 0 Å². The van der Waals surface area contributed by atoms with E-state index < -0.39 is 15.8 Å². The quantitative estimate of drug-likeness (QED) is 0.783. The molecule has 1 aromatic rings. The third-order valence-electron chi connectivity index (χ3n) is 2.38. The zero-order valence-corrected chi connectivity index (χ0v) is 11.9. The molecule has 1 atom stereocenters. The van der Waals surface area contributed by atoms with E-state index in [1.54, 1.807) is 11.8 Å². The molecule has 0 aliphatic heterocycles. The van der Waals surface area contributed by atoms with E-state index in [0.29, 0.717) is 6.54 Å². The van der Waals surface area contributed by atoms with E-state index in [1.807, 2.05) is 13.2 Å². The molecule has 0 amide bonds. The van der Waals surface area contributed by atoms with Crippen molar-refractivity contribution in [1.82, 2.24) is 4.72 Å². The Labute approximate surface area is 111 Å². The van der Waals surface area contributed by atoms with Crippen molar-refractivity contribution in [2.24, 2.45) is 5.92 Å². The summed E-state index contributed by atoms with van der Waals surface area (Å²) in [6, 6.07) is 3.75. The van der Waals surface area contributed by atoms with Crippen molar-refractivity contribution in [3.8, 4) is 0 Å². The Morgan fingerprint density at radius 1 is 1.50 bits per heavy atom. The molecule has 1 unspecified atom stereocenters. The van der Waals surface area contributed by atoms with Crippen LogP contribution in [0.2, 0.25) is 0 Å². The van der Waals surface area contributed by atoms with E-state index in [0.717, 1.165) is 11.8 Å². The number of hydrogen-bond acceptors (Lipinski definition) is 4. The Balaban J connectivity index is 2.84. The van der Waals surface area contributed by atoms with Gasteiger partial charge in [-0.1, -0.05) is 13.0 Å². The summed E-state index contributed by atoms with van der Waals surface area (Å²) in [5.74, 6) is 0.320. The molecule has 0 radical (unpaired) electrons. The molecular weight excluding hydrogens is 275 g/mol. The summed E-state index contributed by atoms with van der Waals surface area (Å²) in [4.78, 5) is -0.209. The fourth-order valence-electron chi connectivity index (χ4n) is 1.42. The molecule has 0 aliphatic carbocycles. The summed E-state index contributed by atoms with van der Waals surface area (Å²) in [5.41, 5.74) is 5.09. The summed E-state index contributed by atoms with van der Waals surface area (Å²) in [7, 11) is -3.75. The molecule has 1 aromatic carbocycles. The van der Waals surface area contributed by atoms with Crippen molar-refractivity contribution in [3.05, 3.63) is 24.0 Å². The second-order valence-corrected chi connectivity index (χ2v) is 6.71. The van der Waals surface area contributed by atoms with Crippen LogP contribution < -0.4 is 10.5 Å². The van der Waals surface area contributed by atoms with Gasteiger partial charge in [0.15, 0.2) is 0 Å². The van der Waals surface area contributed by atoms with E-state index >= 15 is 0 Å². The first-order valence-corrected chi connectivity index (χ1v) is 8.28. The number of halogens is 1. The van der Waals surface area contributed by atoms with Crippen molar-refractivity contribution in [3.63, 3.8) is 0 Å². The molecule has 0 heterocycles. The number of benzene rings is 1. The monoisotopic (exact) mass is 292 g/mol. The summed E-state index contributed by atoms with van der Waals surface area (Å²) in [6.45, 7) is 2.24. The highest BCUT2D eigenvalue weighted by atomic mass is 32.2. The first-order valence-electron chi connectivity index (χ1n) is 5.41. The van der Waals surface area contributed by atoms with Crippen LogP contribution >= 0.6 is 11.8 Å². The van der Waals surface area contributed by atoms with Gasteiger partial charge in [0, 0.05) is 6.54 Å². The minimum absolute atomic E-state index is 0.199. The van der Waals surface area contributed by atoms with Gasteiger partial charge >= 0.3 is 0 Å². The highest BCUT2D eigenvalue weighted by molar-refractivity contribution is 7.98. The Bertz CT molecular complexity index is 506. The van der Waals surface area contributed by atoms with Gasteiger partial charge in [0.25, 0.3) is 0 Å². The maximum atomic E-state index is 13.2. The normalized spacial score (nSPS) is 13.5. The lowest BCUT2D eigenvalue weighted by molar-refractivity contribution is 0.561. The second-order valence-electron chi connectivity index (χ2n) is 4.06. The minimum Gasteiger partial charge on any atom is -0.395 e. The predicted octanol–water partition coefficient (Wildman–Crippen LogP) is 1.69. The average Bonchev–Trinajstić information content (AvgIpc) is 2.30. The molecule has 102 valence electrons. The maximum absolute atomic E-state index is 13.2. The van der Waals surface area contributed by atoms with E-state index in [4.69, 9.17) is 5.73 Å². The summed E-state index contributed by atoms with van der Waals surface area (Å²) >= 11 is 1.64. The van der Waals surface area contributed by atoms with E-state index in [2.05, 4.69) is 4.72 Å². The van der Waals surface area contributed by atoms with Crippen LogP contribution in [0.5, 0.6) is 0 Å². The zero-order chi connectivity index (χ0) is 13.8. The Morgan fingerprint density at radius 3 is 2.78 bits per heavy atom. The van der Waals surface area contributed by atoms with Gasteiger partial charge in [-0.15, -0.1) is 0 Å². The van der Waals surface area contributed by atoms with Gasteiger partial charge in [-0.25, -0.2) is 17.5 Å². The number of rotatable bonds is 6. The van der Waals surface area contributed by atoms with Crippen LogP contribution in [0.15, 0.2) is 23.1 Å². The maximum Gasteiger partial charge on any atom is 0.242 e. The van der Waals surface area contributed by atoms with Crippen molar-refractivity contribution in [2.75, 3.05) is 24.3 Å². The van der Waals surface area contributed by atoms with Crippen LogP contribution in [0.4, 0.5) is 10.1 Å². The van der Waals surface area contributed by atoms with Crippen LogP contribution in [-0.4, -0.2) is 27.0 Å². The van der Waals surface area contributed by atoms with E-state index in [-0.39, 0.29) is 16.5 Å². The SMILES string of the molecule is CSCC(C)CNS(=O)(=O)c1cccc(F)c1N. The summed E-state index contributed by atoms with van der Waals surface area (Å²) < 4.78 is 39.5. The first kappa shape index (κ1) is 15.3. The number of hydrogen-bond donors (Lipinski definition) is 2. The third kappa shape index (κ3) is 3.86. The van der Waals surface area contributed by atoms with E-state index in [1.165, 1.54) is 12.1 Å². The number of para-hydroxylation sites is 1. The molecule has 1 rings (SSSR count). The van der Waals surface area contributed by atoms with Gasteiger partial charge in [0.1, 0.15) is 10.7 Å². The lowest BCUT2D eigenvalue weighted by atomic mass is 10.2. The highest BCUT2D eigenvalue weighted by Crippen LogP contribution is 2.20. The molecule has 0 aliphatic rings. The van der Waals surface area contributed by atoms with Crippen LogP contribution in [0.1, 0.15) is 6.92 Å². The fourth-order valence-corrected chi connectivity index (χ4v) is 3.42. The van der Waals surface area contributed by atoms with Crippen LogP contribution in [-0.2, 0) is 10.0 Å². The lowest BCUT2D eigenvalue weighted by Gasteiger charge is -2.13. The number of nitrogens with one attached hydrogen (secondary N) is 1. The molecule has 7 heteroatoms. The molecule has 18 heavy (non-hydrogen) atoms. The number of nitrogens with two attached hydrogens (primary N) is 1. The Hall–Kier alpha value is -0.790. The standard InChI is InChI=1S/C11H17FN2O2S2/c1-8(7-17-2)6-14-18(15,16)10-5-3-4-9(12)11(10)13/h3-5,8,14H,6-7,13H2,1-2H3. The number of sulfonamides is 1. The number of thioether (sulfide) groups is 1. The molecule has 0 fully saturated rings. The van der Waals surface area contributed by atoms with Crippen molar-refractivity contribution in [2.45, 2.75) is 11.8 Å². The van der Waals surface area contributed by atoms with Gasteiger partial charge in [-0.05, 0) is 30.1 Å². The fraction of sp³-hybridized carbons (Fsp3) is 0.455. The molecular formula is C11H17FN2O2S2. The van der Waals surface area contributed by atoms with Crippen molar-refractivity contribution < 1.29 is 12.8 Å². The number of anilines is 1. The third-order valence-corrected chi connectivity index (χ3v) is 4.76. The summed E-state index contributed by atoms with van der Waals surface area (Å²) in [5, 5.41) is 0. The molecule has 0 saturated carbocycles. The first-order chi connectivity index (χ1) is 8.38. The van der Waals surface area contributed by atoms with Crippen LogP contribution in [0.3, 0.4) is 0 Å². The topological polar surface area (TPSA) is 72.2 Å². The van der Waals surface area contributed by atoms with Crippen LogP contribution in [0, 0.1) is 11.7 Å². The van der Waals surface area contributed by atoms with Gasteiger partial charge < -0.3 is 5.73 Å². The Kier molecular flexibility index (Phi) is 5.43.